The predicted octanol–water partition coefficient (Wildman–Crippen LogP) is 0.621. The predicted molar refractivity (Wildman–Crippen MR) is 60.8 cm³/mol. The van der Waals surface area contributed by atoms with Crippen molar-refractivity contribution in [3.05, 3.63) is 29.8 Å². The molecule has 0 aromatic heterocycles. The number of aryl methyl sites for hydroxylation is 1. The lowest BCUT2D eigenvalue weighted by Gasteiger charge is -2.20. The zero-order chi connectivity index (χ0) is 11.5. The monoisotopic (exact) mass is 217 g/mol. The van der Waals surface area contributed by atoms with Gasteiger partial charge in [-0.25, -0.2) is 0 Å². The first kappa shape index (κ1) is 10.7. The molecule has 4 nitrogen and oxygen atoms in total. The van der Waals surface area contributed by atoms with Gasteiger partial charge in [0.25, 0.3) is 0 Å². The number of hydrogen-bond donors (Lipinski definition) is 1. The fraction of sp³-hybridized carbons (Fsp3) is 0.333. The number of carbonyl (C=O) groups is 1. The van der Waals surface area contributed by atoms with Gasteiger partial charge >= 0.3 is 6.41 Å². The van der Waals surface area contributed by atoms with E-state index in [1.54, 1.807) is 18.4 Å². The molecular formula is C12H13N2O2. The Morgan fingerprint density at radius 3 is 2.94 bits per heavy atom. The van der Waals surface area contributed by atoms with E-state index in [1.807, 2.05) is 24.3 Å². The van der Waals surface area contributed by atoms with E-state index in [4.69, 9.17) is 0 Å². The van der Waals surface area contributed by atoms with E-state index in [9.17, 15) is 9.59 Å². The van der Waals surface area contributed by atoms with Gasteiger partial charge in [-0.15, -0.1) is 0 Å². The van der Waals surface area contributed by atoms with Crippen molar-refractivity contribution in [2.24, 2.45) is 0 Å². The summed E-state index contributed by atoms with van der Waals surface area (Å²) in [5, 5.41) is 2.44. The molecule has 0 spiro atoms. The second-order valence-corrected chi connectivity index (χ2v) is 3.86. The van der Waals surface area contributed by atoms with Crippen molar-refractivity contribution in [1.82, 2.24) is 5.32 Å². The summed E-state index contributed by atoms with van der Waals surface area (Å²) < 4.78 is 0. The number of anilines is 1. The van der Waals surface area contributed by atoms with Crippen LogP contribution in [-0.2, 0) is 16.0 Å². The van der Waals surface area contributed by atoms with Crippen LogP contribution in [0.25, 0.3) is 0 Å². The Bertz CT molecular complexity index is 417. The van der Waals surface area contributed by atoms with Gasteiger partial charge in [-0.2, -0.15) is 0 Å². The topological polar surface area (TPSA) is 49.4 Å². The summed E-state index contributed by atoms with van der Waals surface area (Å²) in [6.45, 7) is 0. The molecule has 2 rings (SSSR count). The lowest BCUT2D eigenvalue weighted by Crippen LogP contribution is -2.43. The minimum absolute atomic E-state index is 0.0895. The molecular weight excluding hydrogens is 204 g/mol. The van der Waals surface area contributed by atoms with Gasteiger partial charge in [-0.05, 0) is 24.5 Å². The van der Waals surface area contributed by atoms with Crippen LogP contribution in [0.1, 0.15) is 12.0 Å². The highest BCUT2D eigenvalue weighted by atomic mass is 16.2. The molecule has 1 aromatic rings. The molecule has 1 radical (unpaired) electrons. The molecule has 1 N–H and O–H groups in total. The molecule has 0 saturated carbocycles. The summed E-state index contributed by atoms with van der Waals surface area (Å²) in [7, 11) is 1.73. The van der Waals surface area contributed by atoms with Crippen LogP contribution < -0.4 is 10.2 Å². The van der Waals surface area contributed by atoms with Crippen LogP contribution in [0.3, 0.4) is 0 Å². The van der Waals surface area contributed by atoms with Gasteiger partial charge in [0, 0.05) is 12.7 Å². The normalized spacial score (nSPS) is 19.9. The van der Waals surface area contributed by atoms with E-state index in [1.165, 1.54) is 0 Å². The highest BCUT2D eigenvalue weighted by molar-refractivity contribution is 5.98. The first-order chi connectivity index (χ1) is 7.74. The number of para-hydroxylation sites is 1. The van der Waals surface area contributed by atoms with Gasteiger partial charge in [0.2, 0.25) is 5.91 Å². The summed E-state index contributed by atoms with van der Waals surface area (Å²) in [4.78, 5) is 23.9. The maximum Gasteiger partial charge on any atom is 0.309 e. The van der Waals surface area contributed by atoms with Gasteiger partial charge in [0.15, 0.2) is 0 Å². The first-order valence-electron chi connectivity index (χ1n) is 5.22. The molecule has 2 amide bonds. The quantitative estimate of drug-likeness (QED) is 0.738. The standard InChI is InChI=1S/C12H13N2O2/c1-14-11-5-3-2-4-9(11)6-7-10(12(14)16)13-8-15/h2-5,10H,6-7H2,1H3,(H,13,15)/t10-/m0/s1. The van der Waals surface area contributed by atoms with Gasteiger partial charge < -0.3 is 10.2 Å². The van der Waals surface area contributed by atoms with E-state index in [-0.39, 0.29) is 5.91 Å². The van der Waals surface area contributed by atoms with Crippen LogP contribution in [0.5, 0.6) is 0 Å². The third-order valence-corrected chi connectivity index (χ3v) is 2.92. The highest BCUT2D eigenvalue weighted by Crippen LogP contribution is 2.25. The van der Waals surface area contributed by atoms with Crippen molar-refractivity contribution in [2.45, 2.75) is 18.9 Å². The Morgan fingerprint density at radius 2 is 2.19 bits per heavy atom. The molecule has 0 fully saturated rings. The molecule has 1 aromatic carbocycles. The summed E-state index contributed by atoms with van der Waals surface area (Å²) in [6.07, 6.45) is 3.00. The fourth-order valence-electron chi connectivity index (χ4n) is 2.03. The molecule has 0 saturated heterocycles. The molecule has 1 aliphatic heterocycles. The summed E-state index contributed by atoms with van der Waals surface area (Å²) in [5.74, 6) is -0.0895. The molecule has 1 atom stereocenters. The number of rotatable bonds is 2. The van der Waals surface area contributed by atoms with Gasteiger partial charge in [0.05, 0.1) is 0 Å². The van der Waals surface area contributed by atoms with Crippen LogP contribution in [0.4, 0.5) is 5.69 Å². The fourth-order valence-corrected chi connectivity index (χ4v) is 2.03. The Hall–Kier alpha value is -1.84. The highest BCUT2D eigenvalue weighted by Gasteiger charge is 2.27. The lowest BCUT2D eigenvalue weighted by atomic mass is 10.1. The lowest BCUT2D eigenvalue weighted by molar-refractivity contribution is -0.120. The number of nitrogens with zero attached hydrogens (tertiary/aromatic N) is 1. The van der Waals surface area contributed by atoms with Crippen LogP contribution in [0.15, 0.2) is 24.3 Å². The Labute approximate surface area is 94.2 Å². The number of fused-ring (bicyclic) bond motifs is 1. The summed E-state index contributed by atoms with van der Waals surface area (Å²) >= 11 is 0. The number of benzene rings is 1. The van der Waals surface area contributed by atoms with Crippen LogP contribution >= 0.6 is 0 Å². The minimum atomic E-state index is -0.463. The van der Waals surface area contributed by atoms with E-state index in [0.717, 1.165) is 17.7 Å². The number of nitrogens with one attached hydrogen (secondary N) is 1. The largest absolute Gasteiger partial charge is 0.336 e. The molecule has 83 valence electrons. The Kier molecular flexibility index (Phi) is 2.90. The van der Waals surface area contributed by atoms with Crippen molar-refractivity contribution in [3.8, 4) is 0 Å². The molecule has 1 heterocycles. The Balaban J connectivity index is 2.33. The SMILES string of the molecule is CN1C(=O)[C@@H](N[C]=O)CCc2ccccc21. The molecule has 16 heavy (non-hydrogen) atoms. The minimum Gasteiger partial charge on any atom is -0.336 e. The van der Waals surface area contributed by atoms with Crippen molar-refractivity contribution in [1.29, 1.82) is 0 Å². The van der Waals surface area contributed by atoms with Crippen LogP contribution in [-0.4, -0.2) is 25.4 Å². The second kappa shape index (κ2) is 4.35. The van der Waals surface area contributed by atoms with Crippen molar-refractivity contribution in [2.75, 3.05) is 11.9 Å². The van der Waals surface area contributed by atoms with Gasteiger partial charge in [-0.1, -0.05) is 18.2 Å². The maximum absolute atomic E-state index is 12.0. The first-order valence-corrected chi connectivity index (χ1v) is 5.22. The molecule has 0 unspecified atom stereocenters. The summed E-state index contributed by atoms with van der Waals surface area (Å²) in [6, 6.07) is 7.32. The van der Waals surface area contributed by atoms with Crippen molar-refractivity contribution in [3.63, 3.8) is 0 Å². The molecule has 0 bridgehead atoms. The molecule has 1 aliphatic rings. The van der Waals surface area contributed by atoms with E-state index < -0.39 is 6.04 Å². The van der Waals surface area contributed by atoms with Crippen molar-refractivity contribution >= 4 is 18.0 Å². The zero-order valence-electron chi connectivity index (χ0n) is 9.06. The van der Waals surface area contributed by atoms with Gasteiger partial charge in [0.1, 0.15) is 6.04 Å². The smallest absolute Gasteiger partial charge is 0.309 e. The Morgan fingerprint density at radius 1 is 1.44 bits per heavy atom. The second-order valence-electron chi connectivity index (χ2n) is 3.86. The third-order valence-electron chi connectivity index (χ3n) is 2.92. The van der Waals surface area contributed by atoms with E-state index >= 15 is 0 Å². The average molecular weight is 217 g/mol. The van der Waals surface area contributed by atoms with E-state index in [0.29, 0.717) is 6.42 Å². The molecule has 4 heteroatoms. The van der Waals surface area contributed by atoms with Gasteiger partial charge in [-0.3, -0.25) is 9.59 Å². The van der Waals surface area contributed by atoms with Crippen LogP contribution in [0, 0.1) is 0 Å². The average Bonchev–Trinajstić information content (AvgIpc) is 2.43. The number of carbonyl (C=O) groups excluding carboxylic acids is 2. The zero-order valence-corrected chi connectivity index (χ0v) is 9.06. The number of hydrogen-bond acceptors (Lipinski definition) is 2. The number of likely N-dealkylation sites (N-methyl/N-ethyl adjacent to an activating group) is 1. The van der Waals surface area contributed by atoms with E-state index in [2.05, 4.69) is 5.32 Å². The maximum atomic E-state index is 12.0. The molecule has 0 aliphatic carbocycles. The third kappa shape index (κ3) is 1.78. The number of amides is 2. The van der Waals surface area contributed by atoms with Crippen LogP contribution in [0.2, 0.25) is 0 Å². The van der Waals surface area contributed by atoms with Crippen molar-refractivity contribution < 1.29 is 9.59 Å². The summed E-state index contributed by atoms with van der Waals surface area (Å²) in [5.41, 5.74) is 2.05.